The van der Waals surface area contributed by atoms with Gasteiger partial charge in [0.2, 0.25) is 0 Å². The second kappa shape index (κ2) is 7.56. The fraction of sp³-hybridized carbons (Fsp3) is 0.273. The number of amides is 1. The Kier molecular flexibility index (Phi) is 4.96. The summed E-state index contributed by atoms with van der Waals surface area (Å²) >= 11 is 0. The summed E-state index contributed by atoms with van der Waals surface area (Å²) in [6.07, 6.45) is 1.44. The van der Waals surface area contributed by atoms with E-state index < -0.39 is 23.5 Å². The van der Waals surface area contributed by atoms with Gasteiger partial charge in [0.05, 0.1) is 17.7 Å². The van der Waals surface area contributed by atoms with Crippen LogP contribution >= 0.6 is 0 Å². The van der Waals surface area contributed by atoms with Crippen molar-refractivity contribution in [1.29, 1.82) is 0 Å². The van der Waals surface area contributed by atoms with Gasteiger partial charge in [-0.1, -0.05) is 48.5 Å². The fourth-order valence-corrected chi connectivity index (χ4v) is 3.85. The highest BCUT2D eigenvalue weighted by molar-refractivity contribution is 6.46. The average molecular weight is 381 g/mol. The molecule has 2 atom stereocenters. The van der Waals surface area contributed by atoms with Crippen LogP contribution in [0.25, 0.3) is 5.76 Å². The molecule has 0 radical (unpaired) electrons. The van der Waals surface area contributed by atoms with Gasteiger partial charge in [-0.15, -0.1) is 0 Å². The van der Waals surface area contributed by atoms with Crippen molar-refractivity contribution in [3.8, 4) is 0 Å². The van der Waals surface area contributed by atoms with Crippen LogP contribution < -0.4 is 0 Å². The summed E-state index contributed by atoms with van der Waals surface area (Å²) in [6.45, 7) is 0.776. The molecule has 2 aliphatic rings. The van der Waals surface area contributed by atoms with E-state index in [0.29, 0.717) is 12.2 Å². The van der Waals surface area contributed by atoms with Crippen LogP contribution in [0.1, 0.15) is 30.0 Å². The lowest BCUT2D eigenvalue weighted by molar-refractivity contribution is -0.140. The first-order chi connectivity index (χ1) is 13.6. The molecule has 2 aromatic carbocycles. The van der Waals surface area contributed by atoms with Gasteiger partial charge in [-0.05, 0) is 18.9 Å². The van der Waals surface area contributed by atoms with Gasteiger partial charge in [-0.25, -0.2) is 4.39 Å². The van der Waals surface area contributed by atoms with E-state index in [2.05, 4.69) is 0 Å². The zero-order valence-corrected chi connectivity index (χ0v) is 15.2. The number of aliphatic hydroxyl groups is 1. The second-order valence-electron chi connectivity index (χ2n) is 6.97. The average Bonchev–Trinajstić information content (AvgIpc) is 3.31. The highest BCUT2D eigenvalue weighted by Crippen LogP contribution is 2.40. The Morgan fingerprint density at radius 1 is 1.11 bits per heavy atom. The predicted molar refractivity (Wildman–Crippen MR) is 101 cm³/mol. The number of nitrogens with zero attached hydrogens (tertiary/aromatic N) is 1. The van der Waals surface area contributed by atoms with Crippen molar-refractivity contribution in [2.75, 3.05) is 13.2 Å². The lowest BCUT2D eigenvalue weighted by Crippen LogP contribution is -2.36. The molecule has 2 saturated heterocycles. The van der Waals surface area contributed by atoms with E-state index in [1.807, 2.05) is 0 Å². The largest absolute Gasteiger partial charge is 0.507 e. The predicted octanol–water partition coefficient (Wildman–Crippen LogP) is 3.43. The first-order valence-electron chi connectivity index (χ1n) is 9.28. The minimum Gasteiger partial charge on any atom is -0.507 e. The second-order valence-corrected chi connectivity index (χ2v) is 6.97. The van der Waals surface area contributed by atoms with Crippen molar-refractivity contribution in [2.24, 2.45) is 0 Å². The molecule has 0 aliphatic carbocycles. The smallest absolute Gasteiger partial charge is 0.295 e. The molecule has 0 aromatic heterocycles. The highest BCUT2D eigenvalue weighted by Gasteiger charge is 2.47. The molecule has 2 aliphatic heterocycles. The van der Waals surface area contributed by atoms with E-state index in [1.54, 1.807) is 42.5 Å². The van der Waals surface area contributed by atoms with Crippen molar-refractivity contribution in [3.63, 3.8) is 0 Å². The number of benzene rings is 2. The number of carbonyl (C=O) groups is 2. The third-order valence-corrected chi connectivity index (χ3v) is 5.21. The van der Waals surface area contributed by atoms with Gasteiger partial charge in [-0.2, -0.15) is 0 Å². The third-order valence-electron chi connectivity index (χ3n) is 5.21. The van der Waals surface area contributed by atoms with Crippen molar-refractivity contribution in [3.05, 3.63) is 77.1 Å². The van der Waals surface area contributed by atoms with E-state index in [1.165, 1.54) is 17.0 Å². The van der Waals surface area contributed by atoms with Gasteiger partial charge < -0.3 is 14.7 Å². The van der Waals surface area contributed by atoms with E-state index in [9.17, 15) is 19.1 Å². The number of rotatable bonds is 4. The summed E-state index contributed by atoms with van der Waals surface area (Å²) in [4.78, 5) is 26.9. The molecule has 0 spiro atoms. The Bertz CT molecular complexity index is 935. The van der Waals surface area contributed by atoms with Crippen molar-refractivity contribution in [2.45, 2.75) is 25.0 Å². The minimum atomic E-state index is -0.995. The SMILES string of the molecule is O=C1C(=O)N(C[C@H]2CCCO2)[C@@H](c2ccccc2F)C1=C(O)c1ccccc1. The Morgan fingerprint density at radius 2 is 1.82 bits per heavy atom. The number of hydrogen-bond acceptors (Lipinski definition) is 4. The molecule has 0 saturated carbocycles. The quantitative estimate of drug-likeness (QED) is 0.501. The molecule has 0 unspecified atom stereocenters. The summed E-state index contributed by atoms with van der Waals surface area (Å²) in [6, 6.07) is 13.5. The number of likely N-dealkylation sites (tertiary alicyclic amines) is 1. The molecule has 6 heteroatoms. The summed E-state index contributed by atoms with van der Waals surface area (Å²) < 4.78 is 20.3. The molecule has 5 nitrogen and oxygen atoms in total. The molecule has 1 N–H and O–H groups in total. The van der Waals surface area contributed by atoms with Crippen LogP contribution in [-0.2, 0) is 14.3 Å². The summed E-state index contributed by atoms with van der Waals surface area (Å²) in [7, 11) is 0. The lowest BCUT2D eigenvalue weighted by atomic mass is 9.95. The number of carbonyl (C=O) groups excluding carboxylic acids is 2. The number of ketones is 1. The molecule has 0 bridgehead atoms. The first-order valence-corrected chi connectivity index (χ1v) is 9.28. The molecule has 144 valence electrons. The van der Waals surface area contributed by atoms with Gasteiger partial charge in [0, 0.05) is 24.3 Å². The zero-order chi connectivity index (χ0) is 19.7. The topological polar surface area (TPSA) is 66.8 Å². The monoisotopic (exact) mass is 381 g/mol. The van der Waals surface area contributed by atoms with Crippen molar-refractivity contribution in [1.82, 2.24) is 4.90 Å². The molecule has 28 heavy (non-hydrogen) atoms. The molecular formula is C22H20FNO4. The van der Waals surface area contributed by atoms with Crippen LogP contribution in [0.4, 0.5) is 4.39 Å². The van der Waals surface area contributed by atoms with Crippen LogP contribution in [-0.4, -0.2) is 41.0 Å². The van der Waals surface area contributed by atoms with Gasteiger partial charge in [-0.3, -0.25) is 9.59 Å². The van der Waals surface area contributed by atoms with Crippen LogP contribution in [0.15, 0.2) is 60.2 Å². The Labute approximate surface area is 162 Å². The zero-order valence-electron chi connectivity index (χ0n) is 15.2. The minimum absolute atomic E-state index is 0.0979. The van der Waals surface area contributed by atoms with Gasteiger partial charge in [0.25, 0.3) is 11.7 Å². The van der Waals surface area contributed by atoms with Gasteiger partial charge in [0.1, 0.15) is 11.6 Å². The normalized spacial score (nSPS) is 24.1. The van der Waals surface area contributed by atoms with Crippen molar-refractivity contribution >= 4 is 17.4 Å². The molecular weight excluding hydrogens is 361 g/mol. The van der Waals surface area contributed by atoms with E-state index in [0.717, 1.165) is 12.8 Å². The summed E-state index contributed by atoms with van der Waals surface area (Å²) in [5, 5.41) is 10.8. The van der Waals surface area contributed by atoms with Crippen LogP contribution in [0, 0.1) is 5.82 Å². The molecule has 2 heterocycles. The van der Waals surface area contributed by atoms with Crippen LogP contribution in [0.3, 0.4) is 0 Å². The van der Waals surface area contributed by atoms with Gasteiger partial charge in [0.15, 0.2) is 0 Å². The molecule has 2 aromatic rings. The van der Waals surface area contributed by atoms with Crippen molar-refractivity contribution < 1.29 is 23.8 Å². The Hall–Kier alpha value is -2.99. The molecule has 4 rings (SSSR count). The van der Waals surface area contributed by atoms with Crippen LogP contribution in [0.2, 0.25) is 0 Å². The van der Waals surface area contributed by atoms with Gasteiger partial charge >= 0.3 is 0 Å². The lowest BCUT2D eigenvalue weighted by Gasteiger charge is -2.27. The fourth-order valence-electron chi connectivity index (χ4n) is 3.85. The molecule has 2 fully saturated rings. The van der Waals surface area contributed by atoms with E-state index in [4.69, 9.17) is 4.74 Å². The van der Waals surface area contributed by atoms with E-state index in [-0.39, 0.29) is 29.5 Å². The number of hydrogen-bond donors (Lipinski definition) is 1. The number of halogens is 1. The summed E-state index contributed by atoms with van der Waals surface area (Å²) in [5.41, 5.74) is 0.482. The Balaban J connectivity index is 1.84. The molecule has 1 amide bonds. The maximum absolute atomic E-state index is 14.6. The van der Waals surface area contributed by atoms with Crippen LogP contribution in [0.5, 0.6) is 0 Å². The summed E-state index contributed by atoms with van der Waals surface area (Å²) in [5.74, 6) is -2.40. The van der Waals surface area contributed by atoms with E-state index >= 15 is 0 Å². The number of aliphatic hydroxyl groups excluding tert-OH is 1. The Morgan fingerprint density at radius 3 is 2.50 bits per heavy atom. The maximum Gasteiger partial charge on any atom is 0.295 e. The standard InChI is InChI=1S/C22H20FNO4/c23-17-11-5-4-10-16(17)19-18(20(25)14-7-2-1-3-8-14)21(26)22(27)24(19)13-15-9-6-12-28-15/h1-5,7-8,10-11,15,19,25H,6,9,12-13H2/t15-,19+/m1/s1. The third kappa shape index (κ3) is 3.20. The number of Topliss-reactive ketones (excluding diaryl/α,β-unsaturated/α-hetero) is 1. The number of ether oxygens (including phenoxy) is 1. The first kappa shape index (κ1) is 18.4. The highest BCUT2D eigenvalue weighted by atomic mass is 19.1. The maximum atomic E-state index is 14.6.